The van der Waals surface area contributed by atoms with Crippen LogP contribution in [-0.4, -0.2) is 32.7 Å². The van der Waals surface area contributed by atoms with E-state index in [4.69, 9.17) is 9.98 Å². The maximum absolute atomic E-state index is 4.77. The predicted molar refractivity (Wildman–Crippen MR) is 135 cm³/mol. The Hall–Kier alpha value is -3.68. The van der Waals surface area contributed by atoms with Gasteiger partial charge in [0.05, 0.1) is 0 Å². The van der Waals surface area contributed by atoms with Crippen molar-refractivity contribution in [2.45, 2.75) is 46.0 Å². The van der Waals surface area contributed by atoms with E-state index in [0.29, 0.717) is 12.4 Å². The molecule has 3 aromatic heterocycles. The molecule has 0 saturated heterocycles. The highest BCUT2D eigenvalue weighted by atomic mass is 15.2. The Kier molecular flexibility index (Phi) is 7.12. The summed E-state index contributed by atoms with van der Waals surface area (Å²) in [5.74, 6) is 2.85. The lowest BCUT2D eigenvalue weighted by atomic mass is 10.2. The first-order valence-corrected chi connectivity index (χ1v) is 11.3. The summed E-state index contributed by atoms with van der Waals surface area (Å²) in [5, 5.41) is 10.1. The van der Waals surface area contributed by atoms with Gasteiger partial charge in [0.2, 0.25) is 5.96 Å². The van der Waals surface area contributed by atoms with Crippen LogP contribution in [0.25, 0.3) is 5.65 Å². The van der Waals surface area contributed by atoms with E-state index in [9.17, 15) is 0 Å². The second-order valence-electron chi connectivity index (χ2n) is 7.65. The van der Waals surface area contributed by atoms with Gasteiger partial charge in [-0.15, -0.1) is 0 Å². The molecule has 0 unspecified atom stereocenters. The molecule has 1 aliphatic rings. The predicted octanol–water partition coefficient (Wildman–Crippen LogP) is 5.09. The lowest BCUT2D eigenvalue weighted by molar-refractivity contribution is 0.663. The van der Waals surface area contributed by atoms with Crippen molar-refractivity contribution in [1.29, 1.82) is 0 Å². The minimum absolute atomic E-state index is 0. The fraction of sp³-hybridized carbons (Fsp3) is 0.333. The Morgan fingerprint density at radius 1 is 1.06 bits per heavy atom. The van der Waals surface area contributed by atoms with Crippen molar-refractivity contribution in [3.05, 3.63) is 66.5 Å². The first-order valence-electron chi connectivity index (χ1n) is 11.3. The van der Waals surface area contributed by atoms with Crippen LogP contribution in [0, 0.1) is 0 Å². The number of nitrogens with one attached hydrogen (secondary N) is 3. The molecule has 4 heterocycles. The fourth-order valence-corrected chi connectivity index (χ4v) is 3.40. The summed E-state index contributed by atoms with van der Waals surface area (Å²) in [6, 6.07) is 9.94. The highest BCUT2D eigenvalue weighted by Gasteiger charge is 2.11. The van der Waals surface area contributed by atoms with Gasteiger partial charge < -0.3 is 20.4 Å². The number of aliphatic imine (C=N–C) groups is 2. The normalized spacial score (nSPS) is 13.8. The fourth-order valence-electron chi connectivity index (χ4n) is 3.40. The number of nitrogens with zero attached hydrogens (tertiary/aromatic N) is 5. The Morgan fingerprint density at radius 3 is 2.88 bits per heavy atom. The second kappa shape index (κ2) is 10.6. The summed E-state index contributed by atoms with van der Waals surface area (Å²) in [6.45, 7) is 5.18. The summed E-state index contributed by atoms with van der Waals surface area (Å²) < 4.78 is 1.97. The number of aryl methyl sites for hydroxylation is 1. The van der Waals surface area contributed by atoms with E-state index in [1.165, 1.54) is 12.8 Å². The van der Waals surface area contributed by atoms with E-state index in [1.54, 1.807) is 6.20 Å². The van der Waals surface area contributed by atoms with Gasteiger partial charge in [-0.2, -0.15) is 9.98 Å². The lowest BCUT2D eigenvalue weighted by Crippen LogP contribution is -2.18. The van der Waals surface area contributed by atoms with Gasteiger partial charge in [0.1, 0.15) is 23.1 Å². The maximum atomic E-state index is 4.77. The van der Waals surface area contributed by atoms with Gasteiger partial charge in [0.15, 0.2) is 0 Å². The van der Waals surface area contributed by atoms with E-state index in [0.717, 1.165) is 53.9 Å². The SMILES string of the molecule is CCCCCNC1=CCC(Nc2ccn3ccnc3c2)=NC(Nc2cccc(CC)n2)=N1.[HH].[HH]. The summed E-state index contributed by atoms with van der Waals surface area (Å²) in [6.07, 6.45) is 12.8. The zero-order valence-electron chi connectivity index (χ0n) is 18.7. The quantitative estimate of drug-likeness (QED) is 0.430. The van der Waals surface area contributed by atoms with E-state index in [1.807, 2.05) is 47.1 Å². The smallest absolute Gasteiger partial charge is 0.232 e. The third-order valence-electron chi connectivity index (χ3n) is 5.14. The van der Waals surface area contributed by atoms with Gasteiger partial charge in [-0.3, -0.25) is 0 Å². The van der Waals surface area contributed by atoms with Crippen molar-refractivity contribution < 1.29 is 2.85 Å². The Labute approximate surface area is 191 Å². The van der Waals surface area contributed by atoms with Crippen molar-refractivity contribution in [2.75, 3.05) is 17.2 Å². The Morgan fingerprint density at radius 2 is 2.00 bits per heavy atom. The van der Waals surface area contributed by atoms with Crippen LogP contribution >= 0.6 is 0 Å². The molecule has 1 aliphatic heterocycles. The molecule has 32 heavy (non-hydrogen) atoms. The summed E-state index contributed by atoms with van der Waals surface area (Å²) >= 11 is 0. The van der Waals surface area contributed by atoms with E-state index < -0.39 is 0 Å². The van der Waals surface area contributed by atoms with Crippen LogP contribution in [-0.2, 0) is 6.42 Å². The molecule has 0 bridgehead atoms. The standard InChI is InChI=1S/C24H30N8.2H2/c1-3-5-6-13-25-20-10-11-22(28-19-12-15-32-16-14-26-23(32)17-19)31-24(29-20)30-21-9-7-8-18(4-2)27-21;;/h7-10,12,14-17,25H,3-6,11,13H2,1-2H3,(H2,27,28,29,30,31);2*1H. The molecule has 0 fully saturated rings. The topological polar surface area (TPSA) is 91.0 Å². The van der Waals surface area contributed by atoms with E-state index >= 15 is 0 Å². The van der Waals surface area contributed by atoms with Crippen molar-refractivity contribution in [2.24, 2.45) is 9.98 Å². The minimum Gasteiger partial charge on any atom is -0.370 e. The number of aromatic nitrogens is 3. The van der Waals surface area contributed by atoms with Crippen LogP contribution in [0.5, 0.6) is 0 Å². The summed E-state index contributed by atoms with van der Waals surface area (Å²) in [5.41, 5.74) is 2.83. The number of rotatable bonds is 8. The molecule has 4 rings (SSSR count). The van der Waals surface area contributed by atoms with Crippen molar-refractivity contribution in [3.63, 3.8) is 0 Å². The molecule has 170 valence electrons. The number of imidazole rings is 1. The number of hydrogen-bond donors (Lipinski definition) is 3. The molecule has 0 atom stereocenters. The largest absolute Gasteiger partial charge is 0.370 e. The molecule has 0 radical (unpaired) electrons. The van der Waals surface area contributed by atoms with Crippen LogP contribution < -0.4 is 16.0 Å². The highest BCUT2D eigenvalue weighted by Crippen LogP contribution is 2.14. The average Bonchev–Trinajstić information content (AvgIpc) is 3.19. The van der Waals surface area contributed by atoms with Gasteiger partial charge in [-0.05, 0) is 37.1 Å². The van der Waals surface area contributed by atoms with Gasteiger partial charge in [-0.25, -0.2) is 9.97 Å². The van der Waals surface area contributed by atoms with Crippen LogP contribution in [0.4, 0.5) is 11.5 Å². The third-order valence-corrected chi connectivity index (χ3v) is 5.14. The van der Waals surface area contributed by atoms with Crippen LogP contribution in [0.3, 0.4) is 0 Å². The van der Waals surface area contributed by atoms with Gasteiger partial charge in [0, 0.05) is 51.9 Å². The number of unbranched alkanes of at least 4 members (excludes halogenated alkanes) is 2. The molecular formula is C24H34N8. The first-order chi connectivity index (χ1) is 15.7. The highest BCUT2D eigenvalue weighted by molar-refractivity contribution is 6.08. The van der Waals surface area contributed by atoms with Crippen LogP contribution in [0.1, 0.15) is 48.1 Å². The van der Waals surface area contributed by atoms with Crippen molar-refractivity contribution >= 4 is 28.9 Å². The third kappa shape index (κ3) is 5.72. The van der Waals surface area contributed by atoms with Gasteiger partial charge in [0.25, 0.3) is 0 Å². The zero-order valence-corrected chi connectivity index (χ0v) is 18.7. The van der Waals surface area contributed by atoms with Gasteiger partial charge in [-0.1, -0.05) is 32.8 Å². The average molecular weight is 435 g/mol. The van der Waals surface area contributed by atoms with Crippen LogP contribution in [0.15, 0.2) is 70.8 Å². The van der Waals surface area contributed by atoms with Crippen molar-refractivity contribution in [1.82, 2.24) is 19.7 Å². The number of amidine groups is 1. The first kappa shape index (κ1) is 21.5. The van der Waals surface area contributed by atoms with Crippen molar-refractivity contribution in [3.8, 4) is 0 Å². The molecule has 0 amide bonds. The monoisotopic (exact) mass is 434 g/mol. The molecule has 3 N–H and O–H groups in total. The Balaban J connectivity index is 0.00000204. The molecule has 0 aliphatic carbocycles. The zero-order chi connectivity index (χ0) is 22.2. The second-order valence-corrected chi connectivity index (χ2v) is 7.65. The number of pyridine rings is 2. The van der Waals surface area contributed by atoms with E-state index in [-0.39, 0.29) is 2.85 Å². The Bertz CT molecular complexity index is 1150. The number of hydrogen-bond acceptors (Lipinski definition) is 7. The summed E-state index contributed by atoms with van der Waals surface area (Å²) in [4.78, 5) is 18.5. The van der Waals surface area contributed by atoms with Gasteiger partial charge >= 0.3 is 0 Å². The molecule has 8 heteroatoms. The summed E-state index contributed by atoms with van der Waals surface area (Å²) in [7, 11) is 0. The molecule has 3 aromatic rings. The maximum Gasteiger partial charge on any atom is 0.232 e. The number of fused-ring (bicyclic) bond motifs is 1. The molecule has 0 saturated carbocycles. The van der Waals surface area contributed by atoms with Crippen LogP contribution in [0.2, 0.25) is 0 Å². The molecule has 0 spiro atoms. The number of guanidine groups is 1. The number of anilines is 2. The minimum atomic E-state index is 0. The molecular weight excluding hydrogens is 400 g/mol. The molecule has 0 aromatic carbocycles. The lowest BCUT2D eigenvalue weighted by Gasteiger charge is -2.10. The van der Waals surface area contributed by atoms with E-state index in [2.05, 4.69) is 45.8 Å². The molecule has 8 nitrogen and oxygen atoms in total.